The zero-order chi connectivity index (χ0) is 9.52. The Morgan fingerprint density at radius 1 is 1.46 bits per heavy atom. The van der Waals surface area contributed by atoms with Crippen molar-refractivity contribution < 1.29 is 0 Å². The van der Waals surface area contributed by atoms with Crippen LogP contribution in [0.5, 0.6) is 0 Å². The highest BCUT2D eigenvalue weighted by Gasteiger charge is 1.98. The van der Waals surface area contributed by atoms with Crippen LogP contribution in [-0.4, -0.2) is 6.54 Å². The molecule has 0 atom stereocenters. The molecule has 0 aromatic heterocycles. The number of nitrogens with zero attached hydrogens (tertiary/aromatic N) is 2. The SMILES string of the molecule is N#CCCNc1ccccc1N=O. The molecule has 0 bridgehead atoms. The fraction of sp³-hybridized carbons (Fsp3) is 0.222. The molecule has 0 unspecified atom stereocenters. The quantitative estimate of drug-likeness (QED) is 0.564. The Labute approximate surface area is 76.2 Å². The molecule has 1 N–H and O–H groups in total. The smallest absolute Gasteiger partial charge is 0.131 e. The van der Waals surface area contributed by atoms with Crippen molar-refractivity contribution in [2.45, 2.75) is 6.42 Å². The lowest BCUT2D eigenvalue weighted by molar-refractivity contribution is 1.07. The summed E-state index contributed by atoms with van der Waals surface area (Å²) in [6, 6.07) is 8.94. The first-order chi connectivity index (χ1) is 6.38. The second-order valence-electron chi connectivity index (χ2n) is 2.44. The van der Waals surface area contributed by atoms with Gasteiger partial charge in [0.2, 0.25) is 0 Å². The highest BCUT2D eigenvalue weighted by Crippen LogP contribution is 2.23. The van der Waals surface area contributed by atoms with Gasteiger partial charge in [0.25, 0.3) is 0 Å². The molecule has 0 amide bonds. The summed E-state index contributed by atoms with van der Waals surface area (Å²) in [6.07, 6.45) is 0.410. The van der Waals surface area contributed by atoms with Gasteiger partial charge in [0.1, 0.15) is 5.69 Å². The van der Waals surface area contributed by atoms with Gasteiger partial charge in [-0.25, -0.2) is 0 Å². The van der Waals surface area contributed by atoms with E-state index in [1.807, 2.05) is 12.1 Å². The summed E-state index contributed by atoms with van der Waals surface area (Å²) in [4.78, 5) is 10.3. The fourth-order valence-corrected chi connectivity index (χ4v) is 0.956. The van der Waals surface area contributed by atoms with Crippen molar-refractivity contribution in [3.63, 3.8) is 0 Å². The zero-order valence-electron chi connectivity index (χ0n) is 7.03. The Hall–Kier alpha value is -1.89. The number of rotatable bonds is 4. The topological polar surface area (TPSA) is 65.2 Å². The first-order valence-corrected chi connectivity index (χ1v) is 3.91. The van der Waals surface area contributed by atoms with E-state index in [0.29, 0.717) is 24.3 Å². The van der Waals surface area contributed by atoms with Gasteiger partial charge in [0.15, 0.2) is 0 Å². The number of hydrogen-bond acceptors (Lipinski definition) is 4. The van der Waals surface area contributed by atoms with Crippen LogP contribution in [0, 0.1) is 16.2 Å². The molecule has 0 heterocycles. The molecule has 1 aromatic carbocycles. The molecule has 1 aromatic rings. The largest absolute Gasteiger partial charge is 0.382 e. The van der Waals surface area contributed by atoms with Crippen molar-refractivity contribution >= 4 is 11.4 Å². The van der Waals surface area contributed by atoms with E-state index in [1.165, 1.54) is 0 Å². The molecule has 0 saturated heterocycles. The number of anilines is 1. The minimum atomic E-state index is 0.375. The molecule has 13 heavy (non-hydrogen) atoms. The molecule has 0 saturated carbocycles. The van der Waals surface area contributed by atoms with E-state index in [1.54, 1.807) is 18.2 Å². The van der Waals surface area contributed by atoms with Crippen LogP contribution in [0.4, 0.5) is 11.4 Å². The molecule has 0 fully saturated rings. The van der Waals surface area contributed by atoms with Crippen LogP contribution in [-0.2, 0) is 0 Å². The van der Waals surface area contributed by atoms with Crippen LogP contribution in [0.15, 0.2) is 29.4 Å². The average Bonchev–Trinajstić information content (AvgIpc) is 2.19. The van der Waals surface area contributed by atoms with E-state index >= 15 is 0 Å². The second-order valence-corrected chi connectivity index (χ2v) is 2.44. The highest BCUT2D eigenvalue weighted by atomic mass is 16.3. The fourth-order valence-electron chi connectivity index (χ4n) is 0.956. The summed E-state index contributed by atoms with van der Waals surface area (Å²) in [5.74, 6) is 0. The monoisotopic (exact) mass is 175 g/mol. The van der Waals surface area contributed by atoms with Crippen LogP contribution in [0.3, 0.4) is 0 Å². The van der Waals surface area contributed by atoms with Crippen LogP contribution < -0.4 is 5.32 Å². The number of hydrogen-bond donors (Lipinski definition) is 1. The van der Waals surface area contributed by atoms with Crippen molar-refractivity contribution in [1.82, 2.24) is 0 Å². The molecule has 66 valence electrons. The highest BCUT2D eigenvalue weighted by molar-refractivity contribution is 5.64. The lowest BCUT2D eigenvalue weighted by Crippen LogP contribution is -1.99. The summed E-state index contributed by atoms with van der Waals surface area (Å²) in [5.41, 5.74) is 1.05. The molecule has 1 rings (SSSR count). The number of nitriles is 1. The summed E-state index contributed by atoms with van der Waals surface area (Å²) in [6.45, 7) is 0.531. The van der Waals surface area contributed by atoms with Crippen molar-refractivity contribution in [3.8, 4) is 6.07 Å². The van der Waals surface area contributed by atoms with Gasteiger partial charge in [-0.05, 0) is 17.3 Å². The minimum Gasteiger partial charge on any atom is -0.382 e. The maximum Gasteiger partial charge on any atom is 0.131 e. The Bertz CT molecular complexity index is 330. The first-order valence-electron chi connectivity index (χ1n) is 3.91. The predicted octanol–water partition coefficient (Wildman–Crippen LogP) is 2.41. The van der Waals surface area contributed by atoms with E-state index in [-0.39, 0.29) is 0 Å². The first kappa shape index (κ1) is 9.20. The second kappa shape index (κ2) is 4.88. The van der Waals surface area contributed by atoms with Gasteiger partial charge < -0.3 is 5.32 Å². The van der Waals surface area contributed by atoms with E-state index < -0.39 is 0 Å². The van der Waals surface area contributed by atoms with E-state index in [2.05, 4.69) is 10.5 Å². The van der Waals surface area contributed by atoms with Crippen LogP contribution in [0.2, 0.25) is 0 Å². The summed E-state index contributed by atoms with van der Waals surface area (Å²) >= 11 is 0. The molecule has 4 nitrogen and oxygen atoms in total. The Kier molecular flexibility index (Phi) is 3.45. The van der Waals surface area contributed by atoms with Crippen LogP contribution >= 0.6 is 0 Å². The maximum absolute atomic E-state index is 10.3. The van der Waals surface area contributed by atoms with Gasteiger partial charge in [-0.1, -0.05) is 12.1 Å². The van der Waals surface area contributed by atoms with Gasteiger partial charge in [0.05, 0.1) is 18.2 Å². The molecule has 0 spiro atoms. The Morgan fingerprint density at radius 2 is 2.23 bits per heavy atom. The van der Waals surface area contributed by atoms with Crippen LogP contribution in [0.25, 0.3) is 0 Å². The Balaban J connectivity index is 2.65. The summed E-state index contributed by atoms with van der Waals surface area (Å²) in [7, 11) is 0. The van der Waals surface area contributed by atoms with Gasteiger partial charge in [-0.15, -0.1) is 4.91 Å². The normalized spacial score (nSPS) is 8.85. The molecule has 0 radical (unpaired) electrons. The van der Waals surface area contributed by atoms with Gasteiger partial charge in [-0.3, -0.25) is 0 Å². The minimum absolute atomic E-state index is 0.375. The molecular formula is C9H9N3O. The van der Waals surface area contributed by atoms with Crippen LogP contribution in [0.1, 0.15) is 6.42 Å². The average molecular weight is 175 g/mol. The zero-order valence-corrected chi connectivity index (χ0v) is 7.03. The third kappa shape index (κ3) is 2.56. The number of nitrogens with one attached hydrogen (secondary N) is 1. The molecule has 0 aliphatic rings. The lowest BCUT2D eigenvalue weighted by atomic mass is 10.2. The van der Waals surface area contributed by atoms with E-state index in [9.17, 15) is 4.91 Å². The van der Waals surface area contributed by atoms with Gasteiger partial charge in [-0.2, -0.15) is 5.26 Å². The Morgan fingerprint density at radius 3 is 2.92 bits per heavy atom. The van der Waals surface area contributed by atoms with Gasteiger partial charge >= 0.3 is 0 Å². The van der Waals surface area contributed by atoms with Crippen molar-refractivity contribution in [3.05, 3.63) is 29.2 Å². The number of benzene rings is 1. The number of para-hydroxylation sites is 1. The summed E-state index contributed by atoms with van der Waals surface area (Å²) < 4.78 is 0. The third-order valence-electron chi connectivity index (χ3n) is 1.55. The lowest BCUT2D eigenvalue weighted by Gasteiger charge is -2.04. The third-order valence-corrected chi connectivity index (χ3v) is 1.55. The number of nitroso groups, excluding NO2 is 1. The predicted molar refractivity (Wildman–Crippen MR) is 50.6 cm³/mol. The molecule has 0 aliphatic heterocycles. The van der Waals surface area contributed by atoms with E-state index in [0.717, 1.165) is 0 Å². The van der Waals surface area contributed by atoms with Crippen molar-refractivity contribution in [2.24, 2.45) is 5.18 Å². The molecule has 0 aliphatic carbocycles. The van der Waals surface area contributed by atoms with Crippen molar-refractivity contribution in [1.29, 1.82) is 5.26 Å². The maximum atomic E-state index is 10.3. The standard InChI is InChI=1S/C9H9N3O/c10-6-3-7-11-8-4-1-2-5-9(8)12-13/h1-2,4-5,11H,3,7H2. The molecular weight excluding hydrogens is 166 g/mol. The molecule has 4 heteroatoms. The summed E-state index contributed by atoms with van der Waals surface area (Å²) in [5, 5.41) is 14.1. The van der Waals surface area contributed by atoms with Crippen molar-refractivity contribution in [2.75, 3.05) is 11.9 Å². The van der Waals surface area contributed by atoms with Gasteiger partial charge in [0, 0.05) is 6.54 Å². The van der Waals surface area contributed by atoms with E-state index in [4.69, 9.17) is 5.26 Å².